The van der Waals surface area contributed by atoms with Crippen LogP contribution in [0.2, 0.25) is 5.02 Å². The number of phenols is 1. The zero-order valence-corrected chi connectivity index (χ0v) is 15.8. The summed E-state index contributed by atoms with van der Waals surface area (Å²) in [5.41, 5.74) is 1.65. The number of carbonyl (C=O) groups is 2. The van der Waals surface area contributed by atoms with E-state index >= 15 is 0 Å². The van der Waals surface area contributed by atoms with Gasteiger partial charge in [0, 0.05) is 34.8 Å². The van der Waals surface area contributed by atoms with E-state index in [-0.39, 0.29) is 11.4 Å². The van der Waals surface area contributed by atoms with E-state index in [0.29, 0.717) is 27.2 Å². The molecule has 0 bridgehead atoms. The van der Waals surface area contributed by atoms with Crippen LogP contribution in [0, 0.1) is 12.7 Å². The van der Waals surface area contributed by atoms with Gasteiger partial charge in [-0.3, -0.25) is 14.2 Å². The summed E-state index contributed by atoms with van der Waals surface area (Å²) in [6.45, 7) is 3.38. The predicted molar refractivity (Wildman–Crippen MR) is 102 cm³/mol. The molecule has 0 saturated carbocycles. The fourth-order valence-corrected chi connectivity index (χ4v) is 3.54. The molecule has 1 heterocycles. The van der Waals surface area contributed by atoms with Crippen LogP contribution in [0.3, 0.4) is 0 Å². The maximum absolute atomic E-state index is 14.1. The number of fused-ring (bicyclic) bond motifs is 1. The lowest BCUT2D eigenvalue weighted by Crippen LogP contribution is -2.24. The summed E-state index contributed by atoms with van der Waals surface area (Å²) < 4.78 is 15.4. The van der Waals surface area contributed by atoms with E-state index in [4.69, 9.17) is 11.6 Å². The Kier molecular flexibility index (Phi) is 4.93. The Hall–Kier alpha value is -2.86. The molecule has 5 nitrogen and oxygen atoms in total. The quantitative estimate of drug-likeness (QED) is 0.712. The summed E-state index contributed by atoms with van der Waals surface area (Å²) in [7, 11) is 1.52. The molecule has 0 unspecified atom stereocenters. The lowest BCUT2D eigenvalue weighted by atomic mass is 9.97. The van der Waals surface area contributed by atoms with Crippen molar-refractivity contribution >= 4 is 34.3 Å². The number of nitrogens with one attached hydrogen (secondary N) is 1. The Balaban J connectivity index is 2.32. The number of aromatic hydroxyl groups is 1. The average Bonchev–Trinajstić information content (AvgIpc) is 2.91. The van der Waals surface area contributed by atoms with Crippen LogP contribution >= 0.6 is 11.6 Å². The molecule has 140 valence electrons. The number of likely N-dealkylation sites (N-methyl/N-ethyl adjacent to an activating group) is 1. The van der Waals surface area contributed by atoms with Gasteiger partial charge in [-0.05, 0) is 43.7 Å². The smallest absolute Gasteiger partial charge is 0.262 e. The van der Waals surface area contributed by atoms with Crippen LogP contribution in [0.15, 0.2) is 36.4 Å². The van der Waals surface area contributed by atoms with Gasteiger partial charge in [-0.25, -0.2) is 4.39 Å². The number of benzene rings is 2. The first kappa shape index (κ1) is 18.9. The number of aromatic nitrogens is 1. The highest BCUT2D eigenvalue weighted by Crippen LogP contribution is 2.36. The standard InChI is InChI=1S/C20H18ClFN2O3/c1-10(19(26)23-3)18-11(2)24(16-9-15(22)17(25)8-14(16)18)20(27)12-5-4-6-13(21)7-12/h4-10,25H,1-3H3,(H,23,26)/t10-/m1/s1. The number of nitrogens with zero attached hydrogens (tertiary/aromatic N) is 1. The average molecular weight is 389 g/mol. The Morgan fingerprint density at radius 1 is 1.26 bits per heavy atom. The van der Waals surface area contributed by atoms with Gasteiger partial charge in [0.1, 0.15) is 0 Å². The van der Waals surface area contributed by atoms with Crippen LogP contribution in [0.5, 0.6) is 5.75 Å². The van der Waals surface area contributed by atoms with Crippen molar-refractivity contribution in [3.63, 3.8) is 0 Å². The fraction of sp³-hybridized carbons (Fsp3) is 0.200. The van der Waals surface area contributed by atoms with Crippen molar-refractivity contribution in [1.29, 1.82) is 0 Å². The molecular weight excluding hydrogens is 371 g/mol. The van der Waals surface area contributed by atoms with E-state index in [0.717, 1.165) is 6.07 Å². The minimum absolute atomic E-state index is 0.254. The van der Waals surface area contributed by atoms with E-state index < -0.39 is 23.4 Å². The molecule has 0 fully saturated rings. The SMILES string of the molecule is CNC(=O)[C@H](C)c1c(C)n(C(=O)c2cccc(Cl)c2)c2cc(F)c(O)cc12. The number of hydrogen-bond acceptors (Lipinski definition) is 3. The lowest BCUT2D eigenvalue weighted by Gasteiger charge is -2.12. The summed E-state index contributed by atoms with van der Waals surface area (Å²) in [5.74, 6) is -2.65. The predicted octanol–water partition coefficient (Wildman–Crippen LogP) is 3.99. The Morgan fingerprint density at radius 3 is 2.59 bits per heavy atom. The summed E-state index contributed by atoms with van der Waals surface area (Å²) in [5, 5.41) is 13.2. The van der Waals surface area contributed by atoms with Crippen molar-refractivity contribution in [3.05, 3.63) is 64.1 Å². The van der Waals surface area contributed by atoms with Crippen molar-refractivity contribution in [2.24, 2.45) is 0 Å². The molecule has 3 aromatic rings. The molecule has 1 aromatic heterocycles. The molecule has 0 aliphatic carbocycles. The van der Waals surface area contributed by atoms with Crippen LogP contribution in [0.1, 0.15) is 34.5 Å². The Labute approximate surface area is 160 Å². The van der Waals surface area contributed by atoms with Crippen molar-refractivity contribution in [2.45, 2.75) is 19.8 Å². The molecule has 3 rings (SSSR count). The second kappa shape index (κ2) is 7.04. The molecule has 2 N–H and O–H groups in total. The van der Waals surface area contributed by atoms with Crippen LogP contribution in [-0.4, -0.2) is 28.5 Å². The molecule has 7 heteroatoms. The van der Waals surface area contributed by atoms with E-state index in [9.17, 15) is 19.1 Å². The van der Waals surface area contributed by atoms with E-state index in [2.05, 4.69) is 5.32 Å². The minimum Gasteiger partial charge on any atom is -0.505 e. The van der Waals surface area contributed by atoms with Crippen LogP contribution in [0.4, 0.5) is 4.39 Å². The van der Waals surface area contributed by atoms with Crippen molar-refractivity contribution in [3.8, 4) is 5.75 Å². The Morgan fingerprint density at radius 2 is 1.96 bits per heavy atom. The van der Waals surface area contributed by atoms with Crippen LogP contribution < -0.4 is 5.32 Å². The highest BCUT2D eigenvalue weighted by Gasteiger charge is 2.27. The Bertz CT molecular complexity index is 1070. The van der Waals surface area contributed by atoms with Crippen LogP contribution in [0.25, 0.3) is 10.9 Å². The van der Waals surface area contributed by atoms with Crippen LogP contribution in [-0.2, 0) is 4.79 Å². The van der Waals surface area contributed by atoms with Gasteiger partial charge in [0.25, 0.3) is 5.91 Å². The lowest BCUT2D eigenvalue weighted by molar-refractivity contribution is -0.121. The molecule has 0 spiro atoms. The first-order valence-corrected chi connectivity index (χ1v) is 8.69. The first-order valence-electron chi connectivity index (χ1n) is 8.31. The first-order chi connectivity index (χ1) is 12.8. The monoisotopic (exact) mass is 388 g/mol. The molecule has 0 aliphatic heterocycles. The third kappa shape index (κ3) is 3.17. The van der Waals surface area contributed by atoms with E-state index in [1.54, 1.807) is 32.0 Å². The van der Waals surface area contributed by atoms with Gasteiger partial charge < -0.3 is 10.4 Å². The second-order valence-corrected chi connectivity index (χ2v) is 6.74. The molecule has 0 aliphatic rings. The maximum atomic E-state index is 14.1. The zero-order valence-electron chi connectivity index (χ0n) is 15.0. The molecule has 1 amide bonds. The molecule has 2 aromatic carbocycles. The molecule has 27 heavy (non-hydrogen) atoms. The van der Waals surface area contributed by atoms with Gasteiger partial charge in [-0.1, -0.05) is 17.7 Å². The van der Waals surface area contributed by atoms with Crippen molar-refractivity contribution in [2.75, 3.05) is 7.05 Å². The second-order valence-electron chi connectivity index (χ2n) is 6.31. The third-order valence-corrected chi connectivity index (χ3v) is 4.90. The van der Waals surface area contributed by atoms with E-state index in [1.807, 2.05) is 0 Å². The fourth-order valence-electron chi connectivity index (χ4n) is 3.35. The zero-order chi connectivity index (χ0) is 19.9. The third-order valence-electron chi connectivity index (χ3n) is 4.67. The molecule has 1 atom stereocenters. The molecule has 0 saturated heterocycles. The topological polar surface area (TPSA) is 71.3 Å². The largest absolute Gasteiger partial charge is 0.505 e. The normalized spacial score (nSPS) is 12.2. The number of phenolic OH excluding ortho intramolecular Hbond substituents is 1. The van der Waals surface area contributed by atoms with Gasteiger partial charge in [0.15, 0.2) is 11.6 Å². The summed E-state index contributed by atoms with van der Waals surface area (Å²) in [6, 6.07) is 8.77. The molecular formula is C20H18ClFN2O3. The summed E-state index contributed by atoms with van der Waals surface area (Å²) in [4.78, 5) is 25.3. The number of carbonyl (C=O) groups excluding carboxylic acids is 2. The maximum Gasteiger partial charge on any atom is 0.262 e. The van der Waals surface area contributed by atoms with Gasteiger partial charge in [-0.15, -0.1) is 0 Å². The number of amides is 1. The van der Waals surface area contributed by atoms with Crippen molar-refractivity contribution in [1.82, 2.24) is 9.88 Å². The number of halogens is 2. The van der Waals surface area contributed by atoms with E-state index in [1.165, 1.54) is 23.7 Å². The molecule has 0 radical (unpaired) electrons. The summed E-state index contributed by atoms with van der Waals surface area (Å²) in [6.07, 6.45) is 0. The number of hydrogen-bond donors (Lipinski definition) is 2. The van der Waals surface area contributed by atoms with Gasteiger partial charge >= 0.3 is 0 Å². The highest BCUT2D eigenvalue weighted by atomic mass is 35.5. The van der Waals surface area contributed by atoms with Gasteiger partial charge in [0.2, 0.25) is 5.91 Å². The van der Waals surface area contributed by atoms with Gasteiger partial charge in [0.05, 0.1) is 11.4 Å². The van der Waals surface area contributed by atoms with Gasteiger partial charge in [-0.2, -0.15) is 0 Å². The van der Waals surface area contributed by atoms with Crippen molar-refractivity contribution < 1.29 is 19.1 Å². The minimum atomic E-state index is -0.848. The number of rotatable bonds is 3. The highest BCUT2D eigenvalue weighted by molar-refractivity contribution is 6.31. The summed E-state index contributed by atoms with van der Waals surface area (Å²) >= 11 is 5.99.